The third kappa shape index (κ3) is 3.56. The van der Waals surface area contributed by atoms with Gasteiger partial charge in [-0.1, -0.05) is 18.2 Å². The molecule has 156 valence electrons. The standard InChI is InChI=1S/C24H18FN7/c1-16-5-4-8-22(29-16)24-30-17(12-27-21-7-3-2-6-20(21)25)14-32(24)18-9-10-23-28-13-19(11-26)31(23)15-18/h2-10,13-15,27H,12H2,1H3. The van der Waals surface area contributed by atoms with Crippen molar-refractivity contribution in [2.45, 2.75) is 13.5 Å². The number of nitrogens with zero attached hydrogens (tertiary/aromatic N) is 6. The quantitative estimate of drug-likeness (QED) is 0.450. The van der Waals surface area contributed by atoms with E-state index < -0.39 is 0 Å². The molecule has 0 saturated carbocycles. The first-order chi connectivity index (χ1) is 15.6. The molecule has 0 atom stereocenters. The number of aryl methyl sites for hydroxylation is 1. The van der Waals surface area contributed by atoms with Crippen LogP contribution in [0.4, 0.5) is 10.1 Å². The summed E-state index contributed by atoms with van der Waals surface area (Å²) in [7, 11) is 0. The second kappa shape index (κ2) is 7.96. The van der Waals surface area contributed by atoms with Gasteiger partial charge in [0.25, 0.3) is 0 Å². The van der Waals surface area contributed by atoms with Gasteiger partial charge in [-0.05, 0) is 43.3 Å². The third-order valence-corrected chi connectivity index (χ3v) is 5.09. The predicted molar refractivity (Wildman–Crippen MR) is 119 cm³/mol. The molecule has 0 radical (unpaired) electrons. The molecule has 4 heterocycles. The lowest BCUT2D eigenvalue weighted by Crippen LogP contribution is -2.01. The number of nitrogens with one attached hydrogen (secondary N) is 1. The van der Waals surface area contributed by atoms with Crippen LogP contribution in [0.25, 0.3) is 22.9 Å². The van der Waals surface area contributed by atoms with Crippen molar-refractivity contribution in [2.24, 2.45) is 0 Å². The second-order valence-corrected chi connectivity index (χ2v) is 7.29. The highest BCUT2D eigenvalue weighted by Gasteiger charge is 2.15. The molecule has 0 saturated heterocycles. The number of fused-ring (bicyclic) bond motifs is 1. The molecule has 32 heavy (non-hydrogen) atoms. The van der Waals surface area contributed by atoms with Gasteiger partial charge in [0, 0.05) is 18.1 Å². The topological polar surface area (TPSA) is 83.8 Å². The Morgan fingerprint density at radius 2 is 1.91 bits per heavy atom. The van der Waals surface area contributed by atoms with Gasteiger partial charge in [0.05, 0.1) is 29.8 Å². The number of halogens is 1. The summed E-state index contributed by atoms with van der Waals surface area (Å²) in [4.78, 5) is 13.7. The van der Waals surface area contributed by atoms with Crippen LogP contribution in [-0.4, -0.2) is 23.9 Å². The third-order valence-electron chi connectivity index (χ3n) is 5.09. The average molecular weight is 423 g/mol. The van der Waals surface area contributed by atoms with Crippen LogP contribution in [0.5, 0.6) is 0 Å². The number of para-hydroxylation sites is 1. The van der Waals surface area contributed by atoms with Crippen LogP contribution in [-0.2, 0) is 6.54 Å². The second-order valence-electron chi connectivity index (χ2n) is 7.29. The molecular formula is C24H18FN7. The molecule has 0 bridgehead atoms. The fourth-order valence-electron chi connectivity index (χ4n) is 3.54. The monoisotopic (exact) mass is 423 g/mol. The van der Waals surface area contributed by atoms with Crippen molar-refractivity contribution in [3.05, 3.63) is 96.1 Å². The number of rotatable bonds is 5. The van der Waals surface area contributed by atoms with E-state index in [1.807, 2.05) is 54.2 Å². The Hall–Kier alpha value is -4.51. The number of aromatic nitrogens is 5. The molecule has 0 aliphatic carbocycles. The molecule has 5 aromatic rings. The van der Waals surface area contributed by atoms with Crippen LogP contribution in [0.2, 0.25) is 0 Å². The molecule has 1 N–H and O–H groups in total. The maximum absolute atomic E-state index is 14.0. The van der Waals surface area contributed by atoms with E-state index >= 15 is 0 Å². The Bertz CT molecular complexity index is 1480. The van der Waals surface area contributed by atoms with E-state index in [0.29, 0.717) is 35.1 Å². The van der Waals surface area contributed by atoms with Gasteiger partial charge in [-0.25, -0.2) is 19.3 Å². The summed E-state index contributed by atoms with van der Waals surface area (Å²) >= 11 is 0. The van der Waals surface area contributed by atoms with Gasteiger partial charge in [-0.15, -0.1) is 0 Å². The van der Waals surface area contributed by atoms with Gasteiger partial charge >= 0.3 is 0 Å². The maximum atomic E-state index is 14.0. The van der Waals surface area contributed by atoms with Gasteiger partial charge in [-0.3, -0.25) is 8.97 Å². The van der Waals surface area contributed by atoms with E-state index in [4.69, 9.17) is 4.98 Å². The summed E-state index contributed by atoms with van der Waals surface area (Å²) in [5.74, 6) is 0.333. The average Bonchev–Trinajstić information content (AvgIpc) is 3.42. The summed E-state index contributed by atoms with van der Waals surface area (Å²) in [5.41, 5.74) is 4.65. The summed E-state index contributed by atoms with van der Waals surface area (Å²) in [6, 6.07) is 18.2. The van der Waals surface area contributed by atoms with E-state index in [-0.39, 0.29) is 5.82 Å². The highest BCUT2D eigenvalue weighted by atomic mass is 19.1. The molecule has 7 nitrogen and oxygen atoms in total. The molecule has 0 unspecified atom stereocenters. The molecule has 0 aliphatic heterocycles. The SMILES string of the molecule is Cc1cccc(-c2nc(CNc3ccccc3F)cn2-c2ccc3ncc(C#N)n3c2)n1. The van der Waals surface area contributed by atoms with E-state index in [0.717, 1.165) is 17.1 Å². The Labute approximate surface area is 183 Å². The number of hydrogen-bond donors (Lipinski definition) is 1. The van der Waals surface area contributed by atoms with E-state index in [2.05, 4.69) is 21.4 Å². The molecule has 0 fully saturated rings. The van der Waals surface area contributed by atoms with E-state index in [1.165, 1.54) is 6.07 Å². The first-order valence-electron chi connectivity index (χ1n) is 10.0. The highest BCUT2D eigenvalue weighted by Crippen LogP contribution is 2.24. The van der Waals surface area contributed by atoms with Crippen LogP contribution in [0, 0.1) is 24.1 Å². The number of anilines is 1. The lowest BCUT2D eigenvalue weighted by Gasteiger charge is -2.08. The van der Waals surface area contributed by atoms with Crippen molar-refractivity contribution in [3.8, 4) is 23.3 Å². The van der Waals surface area contributed by atoms with Crippen molar-refractivity contribution in [1.29, 1.82) is 5.26 Å². The lowest BCUT2D eigenvalue weighted by atomic mass is 10.3. The van der Waals surface area contributed by atoms with E-state index in [1.54, 1.807) is 28.8 Å². The minimum Gasteiger partial charge on any atom is -0.377 e. The summed E-state index contributed by atoms with van der Waals surface area (Å²) in [5, 5.41) is 12.5. The predicted octanol–water partition coefficient (Wildman–Crippen LogP) is 4.51. The Morgan fingerprint density at radius 3 is 2.72 bits per heavy atom. The van der Waals surface area contributed by atoms with Crippen LogP contribution < -0.4 is 5.32 Å². The van der Waals surface area contributed by atoms with Crippen LogP contribution in [0.1, 0.15) is 17.1 Å². The van der Waals surface area contributed by atoms with Gasteiger partial charge in [-0.2, -0.15) is 5.26 Å². The highest BCUT2D eigenvalue weighted by molar-refractivity contribution is 5.57. The fraction of sp³-hybridized carbons (Fsp3) is 0.0833. The zero-order valence-corrected chi connectivity index (χ0v) is 17.2. The summed E-state index contributed by atoms with van der Waals surface area (Å²) < 4.78 is 17.7. The van der Waals surface area contributed by atoms with Crippen molar-refractivity contribution < 1.29 is 4.39 Å². The molecular weight excluding hydrogens is 405 g/mol. The molecule has 8 heteroatoms. The maximum Gasteiger partial charge on any atom is 0.163 e. The summed E-state index contributed by atoms with van der Waals surface area (Å²) in [6.45, 7) is 2.26. The van der Waals surface area contributed by atoms with Crippen LogP contribution in [0.3, 0.4) is 0 Å². The van der Waals surface area contributed by atoms with E-state index in [9.17, 15) is 9.65 Å². The number of benzene rings is 1. The Kier molecular flexibility index (Phi) is 4.84. The van der Waals surface area contributed by atoms with Gasteiger partial charge in [0.15, 0.2) is 5.82 Å². The van der Waals surface area contributed by atoms with Gasteiger partial charge in [0.1, 0.15) is 28.9 Å². The van der Waals surface area contributed by atoms with Crippen LogP contribution in [0.15, 0.2) is 73.2 Å². The first-order valence-corrected chi connectivity index (χ1v) is 10.0. The number of nitriles is 1. The lowest BCUT2D eigenvalue weighted by molar-refractivity contribution is 0.630. The van der Waals surface area contributed by atoms with Gasteiger partial charge < -0.3 is 5.32 Å². The van der Waals surface area contributed by atoms with Crippen molar-refractivity contribution >= 4 is 11.3 Å². The number of pyridine rings is 2. The molecule has 4 aromatic heterocycles. The Morgan fingerprint density at radius 1 is 1.03 bits per heavy atom. The van der Waals surface area contributed by atoms with Gasteiger partial charge in [0.2, 0.25) is 0 Å². The molecule has 1 aromatic carbocycles. The molecule has 0 amide bonds. The first kappa shape index (κ1) is 19.5. The smallest absolute Gasteiger partial charge is 0.163 e. The number of imidazole rings is 2. The normalized spacial score (nSPS) is 10.9. The molecule has 5 rings (SSSR count). The van der Waals surface area contributed by atoms with Crippen molar-refractivity contribution in [2.75, 3.05) is 5.32 Å². The zero-order valence-electron chi connectivity index (χ0n) is 17.2. The number of hydrogen-bond acceptors (Lipinski definition) is 5. The fourth-order valence-corrected chi connectivity index (χ4v) is 3.54. The largest absolute Gasteiger partial charge is 0.377 e. The molecule has 0 spiro atoms. The minimum atomic E-state index is -0.318. The molecule has 0 aliphatic rings. The summed E-state index contributed by atoms with van der Waals surface area (Å²) in [6.07, 6.45) is 5.27. The zero-order chi connectivity index (χ0) is 22.1. The minimum absolute atomic E-state index is 0.318. The van der Waals surface area contributed by atoms with Crippen molar-refractivity contribution in [1.82, 2.24) is 23.9 Å². The van der Waals surface area contributed by atoms with Crippen LogP contribution >= 0.6 is 0 Å². The van der Waals surface area contributed by atoms with Crippen molar-refractivity contribution in [3.63, 3.8) is 0 Å². The Balaban J connectivity index is 1.59.